The molecule has 2 aromatic heterocycles. The fraction of sp³-hybridized carbons (Fsp3) is 0.294. The monoisotopic (exact) mass is 317 g/mol. The number of aromatic nitrogens is 3. The van der Waals surface area contributed by atoms with Gasteiger partial charge in [0.15, 0.2) is 5.65 Å². The van der Waals surface area contributed by atoms with E-state index in [0.29, 0.717) is 11.2 Å². The molecule has 4 nitrogen and oxygen atoms in total. The average molecular weight is 317 g/mol. The molecule has 1 unspecified atom stereocenters. The predicted molar refractivity (Wildman–Crippen MR) is 82.1 cm³/mol. The van der Waals surface area contributed by atoms with Crippen LogP contribution in [-0.4, -0.2) is 19.7 Å². The highest BCUT2D eigenvalue weighted by atomic mass is 19.1. The lowest BCUT2D eigenvalue weighted by Gasteiger charge is -2.17. The molecular weight excluding hydrogens is 300 g/mol. The van der Waals surface area contributed by atoms with Gasteiger partial charge in [0.1, 0.15) is 23.6 Å². The number of nitrogens with zero attached hydrogens (tertiary/aromatic N) is 3. The van der Waals surface area contributed by atoms with Crippen molar-refractivity contribution in [2.24, 2.45) is 0 Å². The molecule has 0 aliphatic rings. The van der Waals surface area contributed by atoms with E-state index in [9.17, 15) is 13.9 Å². The second kappa shape index (κ2) is 5.38. The van der Waals surface area contributed by atoms with Crippen LogP contribution < -0.4 is 0 Å². The predicted octanol–water partition coefficient (Wildman–Crippen LogP) is 3.39. The molecule has 0 aliphatic carbocycles. The van der Waals surface area contributed by atoms with Crippen molar-refractivity contribution in [3.05, 3.63) is 65.1 Å². The van der Waals surface area contributed by atoms with E-state index in [-0.39, 0.29) is 11.0 Å². The smallest absolute Gasteiger partial charge is 0.160 e. The molecule has 1 N–H and O–H groups in total. The van der Waals surface area contributed by atoms with Crippen molar-refractivity contribution in [3.63, 3.8) is 0 Å². The number of pyridine rings is 1. The normalized spacial score (nSPS) is 13.5. The zero-order valence-corrected chi connectivity index (χ0v) is 13.1. The summed E-state index contributed by atoms with van der Waals surface area (Å²) in [5, 5.41) is 18.7. The first-order valence-electron chi connectivity index (χ1n) is 7.25. The van der Waals surface area contributed by atoms with E-state index in [4.69, 9.17) is 0 Å². The van der Waals surface area contributed by atoms with Crippen LogP contribution in [0.5, 0.6) is 0 Å². The van der Waals surface area contributed by atoms with Crippen LogP contribution in [0.2, 0.25) is 0 Å². The minimum Gasteiger partial charge on any atom is -0.383 e. The third-order valence-electron chi connectivity index (χ3n) is 3.67. The summed E-state index contributed by atoms with van der Waals surface area (Å²) in [6, 6.07) is 6.50. The highest BCUT2D eigenvalue weighted by molar-refractivity contribution is 5.42. The van der Waals surface area contributed by atoms with E-state index in [2.05, 4.69) is 10.2 Å². The molecule has 23 heavy (non-hydrogen) atoms. The summed E-state index contributed by atoms with van der Waals surface area (Å²) in [6.07, 6.45) is 0.485. The van der Waals surface area contributed by atoms with Crippen LogP contribution in [0.15, 0.2) is 36.5 Å². The van der Waals surface area contributed by atoms with Crippen LogP contribution in [0, 0.1) is 11.6 Å². The highest BCUT2D eigenvalue weighted by Gasteiger charge is 2.22. The summed E-state index contributed by atoms with van der Waals surface area (Å²) in [4.78, 5) is 0. The van der Waals surface area contributed by atoms with Crippen LogP contribution >= 0.6 is 0 Å². The minimum absolute atomic E-state index is 0.0242. The first kappa shape index (κ1) is 15.6. The summed E-state index contributed by atoms with van der Waals surface area (Å²) in [6.45, 7) is 6.02. The third kappa shape index (κ3) is 2.82. The molecule has 1 aromatic carbocycles. The number of rotatable bonds is 2. The Morgan fingerprint density at radius 3 is 2.48 bits per heavy atom. The van der Waals surface area contributed by atoms with Crippen molar-refractivity contribution in [1.82, 2.24) is 14.6 Å². The lowest BCUT2D eigenvalue weighted by atomic mass is 9.95. The molecule has 6 heteroatoms. The van der Waals surface area contributed by atoms with Gasteiger partial charge in [-0.15, -0.1) is 10.2 Å². The molecule has 0 spiro atoms. The molecule has 120 valence electrons. The Labute approximate surface area is 132 Å². The average Bonchev–Trinajstić information content (AvgIpc) is 2.89. The number of hydrogen-bond donors (Lipinski definition) is 1. The van der Waals surface area contributed by atoms with Crippen LogP contribution in [0.4, 0.5) is 8.78 Å². The van der Waals surface area contributed by atoms with Crippen molar-refractivity contribution in [2.45, 2.75) is 32.3 Å². The second-order valence-corrected chi connectivity index (χ2v) is 6.53. The Morgan fingerprint density at radius 1 is 1.09 bits per heavy atom. The van der Waals surface area contributed by atoms with Crippen LogP contribution in [-0.2, 0) is 5.41 Å². The minimum atomic E-state index is -1.20. The maximum Gasteiger partial charge on any atom is 0.160 e. The van der Waals surface area contributed by atoms with Crippen molar-refractivity contribution in [1.29, 1.82) is 0 Å². The van der Waals surface area contributed by atoms with Gasteiger partial charge in [0.25, 0.3) is 0 Å². The van der Waals surface area contributed by atoms with Gasteiger partial charge in [-0.2, -0.15) is 0 Å². The van der Waals surface area contributed by atoms with Crippen molar-refractivity contribution >= 4 is 5.65 Å². The van der Waals surface area contributed by atoms with Crippen LogP contribution in [0.25, 0.3) is 5.65 Å². The number of aliphatic hydroxyl groups is 1. The Kier molecular flexibility index (Phi) is 3.64. The van der Waals surface area contributed by atoms with Gasteiger partial charge < -0.3 is 5.11 Å². The SMILES string of the molecule is CC(C)(C)c1nnc2ccc(C(O)c3ccc(F)cc3F)cn12. The Balaban J connectivity index is 2.09. The van der Waals surface area contributed by atoms with Gasteiger partial charge in [0, 0.05) is 28.8 Å². The lowest BCUT2D eigenvalue weighted by Crippen LogP contribution is -2.16. The first-order chi connectivity index (χ1) is 10.8. The van der Waals surface area contributed by atoms with Gasteiger partial charge in [0.2, 0.25) is 0 Å². The van der Waals surface area contributed by atoms with E-state index < -0.39 is 17.7 Å². The number of halogens is 2. The quantitative estimate of drug-likeness (QED) is 0.788. The summed E-state index contributed by atoms with van der Waals surface area (Å²) in [5.41, 5.74) is 0.916. The van der Waals surface area contributed by atoms with Crippen molar-refractivity contribution in [3.8, 4) is 0 Å². The maximum atomic E-state index is 13.9. The van der Waals surface area contributed by atoms with Gasteiger partial charge in [-0.3, -0.25) is 4.40 Å². The standard InChI is InChI=1S/C17H17F2N3O/c1-17(2,3)16-21-20-14-7-4-10(9-22(14)16)15(23)12-6-5-11(18)8-13(12)19/h4-9,15,23H,1-3H3. The van der Waals surface area contributed by atoms with Gasteiger partial charge in [0.05, 0.1) is 0 Å². The number of hydrogen-bond acceptors (Lipinski definition) is 3. The van der Waals surface area contributed by atoms with E-state index in [1.807, 2.05) is 20.8 Å². The van der Waals surface area contributed by atoms with Gasteiger partial charge in [-0.05, 0) is 12.1 Å². The molecular formula is C17H17F2N3O. The summed E-state index contributed by atoms with van der Waals surface area (Å²) < 4.78 is 28.7. The maximum absolute atomic E-state index is 13.9. The molecule has 0 saturated heterocycles. The molecule has 0 radical (unpaired) electrons. The number of fused-ring (bicyclic) bond motifs is 1. The van der Waals surface area contributed by atoms with Gasteiger partial charge in [-0.1, -0.05) is 32.9 Å². The lowest BCUT2D eigenvalue weighted by molar-refractivity contribution is 0.214. The van der Waals surface area contributed by atoms with Crippen molar-refractivity contribution in [2.75, 3.05) is 0 Å². The summed E-state index contributed by atoms with van der Waals surface area (Å²) >= 11 is 0. The molecule has 3 aromatic rings. The molecule has 0 aliphatic heterocycles. The molecule has 1 atom stereocenters. The summed E-state index contributed by atoms with van der Waals surface area (Å²) in [7, 11) is 0. The molecule has 2 heterocycles. The molecule has 0 fully saturated rings. The van der Waals surface area contributed by atoms with E-state index >= 15 is 0 Å². The molecule has 0 bridgehead atoms. The number of aliphatic hydroxyl groups excluding tert-OH is 1. The van der Waals surface area contributed by atoms with Gasteiger partial charge in [-0.25, -0.2) is 8.78 Å². The fourth-order valence-corrected chi connectivity index (χ4v) is 2.48. The van der Waals surface area contributed by atoms with Crippen molar-refractivity contribution < 1.29 is 13.9 Å². The Bertz CT molecular complexity index is 868. The molecule has 0 saturated carbocycles. The number of benzene rings is 1. The third-order valence-corrected chi connectivity index (χ3v) is 3.67. The summed E-state index contributed by atoms with van der Waals surface area (Å²) in [5.74, 6) is -0.721. The Hall–Kier alpha value is -2.34. The van der Waals surface area contributed by atoms with Crippen LogP contribution in [0.3, 0.4) is 0 Å². The van der Waals surface area contributed by atoms with E-state index in [0.717, 1.165) is 18.0 Å². The topological polar surface area (TPSA) is 50.4 Å². The zero-order chi connectivity index (χ0) is 16.8. The molecule has 0 amide bonds. The van der Waals surface area contributed by atoms with Gasteiger partial charge >= 0.3 is 0 Å². The largest absolute Gasteiger partial charge is 0.383 e. The van der Waals surface area contributed by atoms with E-state index in [1.54, 1.807) is 22.7 Å². The fourth-order valence-electron chi connectivity index (χ4n) is 2.48. The second-order valence-electron chi connectivity index (χ2n) is 6.53. The van der Waals surface area contributed by atoms with Crippen LogP contribution in [0.1, 0.15) is 43.8 Å². The first-order valence-corrected chi connectivity index (χ1v) is 7.25. The highest BCUT2D eigenvalue weighted by Crippen LogP contribution is 2.27. The van der Waals surface area contributed by atoms with E-state index in [1.165, 1.54) is 6.07 Å². The Morgan fingerprint density at radius 2 is 1.83 bits per heavy atom. The molecule has 3 rings (SSSR count). The zero-order valence-electron chi connectivity index (χ0n) is 13.1.